The summed E-state index contributed by atoms with van der Waals surface area (Å²) >= 11 is 0. The summed E-state index contributed by atoms with van der Waals surface area (Å²) in [6.07, 6.45) is -5.78. The Hall–Kier alpha value is -5.40. The molecule has 2 N–H and O–H groups in total. The fraction of sp³-hybridized carbons (Fsp3) is 0.541. The van der Waals surface area contributed by atoms with Crippen molar-refractivity contribution < 1.29 is 69.9 Å². The van der Waals surface area contributed by atoms with E-state index in [0.29, 0.717) is 12.8 Å². The fourth-order valence-corrected chi connectivity index (χ4v) is 7.93. The van der Waals surface area contributed by atoms with E-state index in [1.165, 1.54) is 21.8 Å². The Labute approximate surface area is 357 Å². The minimum absolute atomic E-state index is 0.0838. The molecule has 0 saturated carbocycles. The van der Waals surface area contributed by atoms with Gasteiger partial charge in [0.05, 0.1) is 32.0 Å². The Bertz CT molecular complexity index is 2340. The van der Waals surface area contributed by atoms with Crippen molar-refractivity contribution in [2.75, 3.05) is 43.8 Å². The lowest BCUT2D eigenvalue weighted by Gasteiger charge is -2.24. The lowest BCUT2D eigenvalue weighted by molar-refractivity contribution is -0.147. The van der Waals surface area contributed by atoms with Crippen LogP contribution in [0.1, 0.15) is 52.0 Å². The lowest BCUT2D eigenvalue weighted by atomic mass is 10.1. The van der Waals surface area contributed by atoms with Crippen LogP contribution in [0.4, 0.5) is 25.2 Å². The van der Waals surface area contributed by atoms with E-state index in [9.17, 15) is 18.9 Å². The number of amides is 2. The molecular formula is C37H45F2N10O13P. The molecule has 0 spiro atoms. The maximum Gasteiger partial charge on any atom is 0.510 e. The number of anilines is 2. The number of hydrogen-bond donors (Lipinski definition) is 2. The minimum Gasteiger partial charge on any atom is -0.432 e. The van der Waals surface area contributed by atoms with Crippen molar-refractivity contribution in [3.8, 4) is 0 Å². The Morgan fingerprint density at radius 2 is 1.38 bits per heavy atom. The molecule has 2 amide bonds. The van der Waals surface area contributed by atoms with Gasteiger partial charge < -0.3 is 48.3 Å². The van der Waals surface area contributed by atoms with Crippen molar-refractivity contribution in [3.05, 3.63) is 50.6 Å². The first-order valence-electron chi connectivity index (χ1n) is 19.7. The number of carbonyl (C=O) groups excluding carboxylic acids is 3. The van der Waals surface area contributed by atoms with Gasteiger partial charge in [0.25, 0.3) is 0 Å². The average Bonchev–Trinajstić information content (AvgIpc) is 4.03. The maximum absolute atomic E-state index is 16.6. The highest BCUT2D eigenvalue weighted by atomic mass is 31.2. The molecule has 9 atom stereocenters. The van der Waals surface area contributed by atoms with Crippen LogP contribution in [0.3, 0.4) is 0 Å². The van der Waals surface area contributed by atoms with Gasteiger partial charge in [0, 0.05) is 12.8 Å². The molecule has 3 saturated heterocycles. The third-order valence-electron chi connectivity index (χ3n) is 9.71. The summed E-state index contributed by atoms with van der Waals surface area (Å²) in [4.78, 5) is 62.3. The van der Waals surface area contributed by atoms with E-state index in [-0.39, 0.29) is 65.2 Å². The molecule has 3 aliphatic heterocycles. The van der Waals surface area contributed by atoms with Crippen LogP contribution < -0.4 is 10.6 Å². The third kappa shape index (κ3) is 10.5. The van der Waals surface area contributed by atoms with Crippen LogP contribution in [-0.2, 0) is 56.4 Å². The number of rotatable bonds is 14. The zero-order valence-electron chi connectivity index (χ0n) is 34.0. The van der Waals surface area contributed by atoms with Crippen LogP contribution in [0.15, 0.2) is 50.6 Å². The lowest BCUT2D eigenvalue weighted by Crippen LogP contribution is -2.36. The largest absolute Gasteiger partial charge is 0.510 e. The second kappa shape index (κ2) is 20.4. The normalized spacial score (nSPS) is 27.7. The van der Waals surface area contributed by atoms with E-state index in [0.717, 1.165) is 12.7 Å². The third-order valence-corrected chi connectivity index (χ3v) is 11.2. The molecule has 0 aliphatic carbocycles. The summed E-state index contributed by atoms with van der Waals surface area (Å²) in [5.74, 6) is -0.537. The Morgan fingerprint density at radius 1 is 0.841 bits per heavy atom. The van der Waals surface area contributed by atoms with Crippen molar-refractivity contribution >= 4 is 59.5 Å². The second-order valence-corrected chi connectivity index (χ2v) is 16.5. The van der Waals surface area contributed by atoms with Crippen molar-refractivity contribution in [2.45, 2.75) is 94.8 Å². The van der Waals surface area contributed by atoms with Crippen molar-refractivity contribution in [1.82, 2.24) is 39.0 Å². The van der Waals surface area contributed by atoms with Crippen LogP contribution in [0, 0.1) is 0 Å². The molecule has 0 radical (unpaired) electrons. The highest BCUT2D eigenvalue weighted by Crippen LogP contribution is 2.51. The number of fused-ring (bicyclic) bond motifs is 4. The van der Waals surface area contributed by atoms with Crippen LogP contribution in [0.25, 0.3) is 22.3 Å². The first-order chi connectivity index (χ1) is 30.4. The van der Waals surface area contributed by atoms with E-state index >= 15 is 8.78 Å². The first kappa shape index (κ1) is 45.6. The SMILES string of the molecule is C=CCCC(=O)Nc1ncnc2c1ncn2[C@@H]1O[C@@H]2COCO[C@H]3[C@@H](F)[C@H](n4cnc5c(NC(=O)CCC=C)ncnc54)O[C@@H]3COP(=O)(OCOC(=O)OC(C)C)CO[C@H]2[C@H]1F. The molecule has 1 unspecified atom stereocenters. The van der Waals surface area contributed by atoms with Gasteiger partial charge in [0.1, 0.15) is 50.2 Å². The predicted octanol–water partition coefficient (Wildman–Crippen LogP) is 4.41. The van der Waals surface area contributed by atoms with Gasteiger partial charge in [-0.05, 0) is 26.7 Å². The van der Waals surface area contributed by atoms with E-state index in [2.05, 4.69) is 53.7 Å². The monoisotopic (exact) mass is 906 g/mol. The molecular weight excluding hydrogens is 861 g/mol. The molecule has 3 aliphatic rings. The van der Waals surface area contributed by atoms with E-state index in [4.69, 9.17) is 42.2 Å². The van der Waals surface area contributed by atoms with Crippen LogP contribution >= 0.6 is 7.60 Å². The number of allylic oxidation sites excluding steroid dienone is 2. The van der Waals surface area contributed by atoms with Gasteiger partial charge in [0.2, 0.25) is 18.6 Å². The minimum atomic E-state index is -4.56. The summed E-state index contributed by atoms with van der Waals surface area (Å²) in [5, 5.41) is 5.32. The van der Waals surface area contributed by atoms with Gasteiger partial charge in [-0.2, -0.15) is 0 Å². The molecule has 7 rings (SSSR count). The van der Waals surface area contributed by atoms with Crippen LogP contribution in [-0.4, -0.2) is 133 Å². The summed E-state index contributed by atoms with van der Waals surface area (Å²) in [7, 11) is -4.56. The number of alkyl halides is 2. The van der Waals surface area contributed by atoms with Crippen LogP contribution in [0.2, 0.25) is 0 Å². The van der Waals surface area contributed by atoms with Crippen molar-refractivity contribution in [2.24, 2.45) is 0 Å². The summed E-state index contributed by atoms with van der Waals surface area (Å²) in [6, 6.07) is 0. The number of nitrogens with one attached hydrogen (secondary N) is 2. The Kier molecular flexibility index (Phi) is 14.8. The van der Waals surface area contributed by atoms with Gasteiger partial charge >= 0.3 is 13.8 Å². The number of carbonyl (C=O) groups is 3. The molecule has 3 fully saturated rings. The number of nitrogens with zero attached hydrogens (tertiary/aromatic N) is 8. The summed E-state index contributed by atoms with van der Waals surface area (Å²) in [6.45, 7) is 7.85. The van der Waals surface area contributed by atoms with Gasteiger partial charge in [-0.25, -0.2) is 43.5 Å². The molecule has 340 valence electrons. The van der Waals surface area contributed by atoms with E-state index < -0.39 is 95.6 Å². The Balaban J connectivity index is 1.12. The Morgan fingerprint density at radius 3 is 1.92 bits per heavy atom. The van der Waals surface area contributed by atoms with Gasteiger partial charge in [0.15, 0.2) is 58.8 Å². The zero-order chi connectivity index (χ0) is 44.7. The standard InChI is InChI=1S/C37H45F2N10O13P/c1-5-7-9-23(50)46-31-27-33(42-13-40-31)48(15-44-27)35-25(38)29-22(62-35)12-58-63(53,59-18-56-37(52)60-20(3)4)19-57-30-21(11-54-17-55-29)61-36(26(30)39)49-16-45-28-32(41-14-43-34(28)49)47-24(51)10-8-6-2/h5-6,13-16,20-22,25-26,29-30,35-36H,1-2,7-12,17-19H2,3-4H3,(H,40,42,46,50)(H,41,43,47,51)/t21-,22-,25-,26-,29-,30-,35-,36-,63?/m1/s1. The summed E-state index contributed by atoms with van der Waals surface area (Å²) in [5.41, 5.74) is 0.504. The van der Waals surface area contributed by atoms with E-state index in [1.807, 2.05) is 0 Å². The topological polar surface area (TPSA) is 263 Å². The van der Waals surface area contributed by atoms with Crippen molar-refractivity contribution in [3.63, 3.8) is 0 Å². The fourth-order valence-electron chi connectivity index (χ4n) is 6.77. The van der Waals surface area contributed by atoms with Crippen molar-refractivity contribution in [1.29, 1.82) is 0 Å². The highest BCUT2D eigenvalue weighted by molar-refractivity contribution is 7.53. The van der Waals surface area contributed by atoms with Gasteiger partial charge in [-0.3, -0.25) is 27.8 Å². The number of ether oxygens (including phenoxy) is 7. The van der Waals surface area contributed by atoms with Gasteiger partial charge in [-0.15, -0.1) is 13.2 Å². The zero-order valence-corrected chi connectivity index (χ0v) is 34.9. The first-order valence-corrected chi connectivity index (χ1v) is 21.4. The molecule has 4 aromatic heterocycles. The molecule has 0 aromatic carbocycles. The number of imidazole rings is 2. The predicted molar refractivity (Wildman–Crippen MR) is 212 cm³/mol. The number of aromatic nitrogens is 8. The summed E-state index contributed by atoms with van der Waals surface area (Å²) < 4.78 is 101. The number of halogens is 2. The number of hydrogen-bond acceptors (Lipinski definition) is 19. The molecule has 23 nitrogen and oxygen atoms in total. The second-order valence-electron chi connectivity index (χ2n) is 14.5. The molecule has 26 heteroatoms. The van der Waals surface area contributed by atoms with Crippen LogP contribution in [0.5, 0.6) is 0 Å². The smallest absolute Gasteiger partial charge is 0.432 e. The molecule has 4 aromatic rings. The quantitative estimate of drug-likeness (QED) is 0.0768. The molecule has 63 heavy (non-hydrogen) atoms. The highest BCUT2D eigenvalue weighted by Gasteiger charge is 2.51. The molecule has 7 heterocycles. The maximum atomic E-state index is 16.6. The average molecular weight is 907 g/mol. The van der Waals surface area contributed by atoms with Gasteiger partial charge in [-0.1, -0.05) is 12.2 Å². The molecule has 0 bridgehead atoms. The van der Waals surface area contributed by atoms with E-state index in [1.54, 1.807) is 26.0 Å².